The van der Waals surface area contributed by atoms with E-state index in [1.165, 1.54) is 25.7 Å². The molecule has 34 heavy (non-hydrogen) atoms. The number of nitrogens with one attached hydrogen (secondary N) is 1. The molecule has 0 radical (unpaired) electrons. The lowest BCUT2D eigenvalue weighted by atomic mass is 9.65. The number of carbonyl (C=O) groups is 1. The van der Waals surface area contributed by atoms with Crippen LogP contribution in [0.2, 0.25) is 0 Å². The molecule has 0 amide bonds. The van der Waals surface area contributed by atoms with E-state index in [4.69, 9.17) is 15.1 Å². The van der Waals surface area contributed by atoms with Crippen molar-refractivity contribution < 1.29 is 9.90 Å². The smallest absolute Gasteiger partial charge is 0.303 e. The quantitative estimate of drug-likeness (QED) is 0.426. The molecular weight excluding hydrogens is 426 g/mol. The fraction of sp³-hybridized carbons (Fsp3) is 0.407. The Labute approximate surface area is 198 Å². The topological polar surface area (TPSA) is 95.0 Å². The maximum absolute atomic E-state index is 11.0. The van der Waals surface area contributed by atoms with Crippen LogP contribution in [0, 0.1) is 11.3 Å². The summed E-state index contributed by atoms with van der Waals surface area (Å²) >= 11 is 0. The monoisotopic (exact) mass is 455 g/mol. The standard InChI is InChI=1S/C27H29N5O2/c33-24(34)16-18-7-9-27(10-8-18)11-14-32(15-12-27)23-6-3-19(17-29-23)26-30-22-5-4-21-20(25(22)31-26)2-1-13-28-21/h1-6,13,17-18H,7-12,14-16H2,(H,30,31)(H,33,34). The molecule has 3 aromatic heterocycles. The molecule has 2 fully saturated rings. The molecule has 174 valence electrons. The van der Waals surface area contributed by atoms with E-state index in [-0.39, 0.29) is 0 Å². The van der Waals surface area contributed by atoms with Crippen LogP contribution in [0.1, 0.15) is 44.9 Å². The molecular formula is C27H29N5O2. The van der Waals surface area contributed by atoms with Crippen molar-refractivity contribution in [3.63, 3.8) is 0 Å². The largest absolute Gasteiger partial charge is 0.481 e. The van der Waals surface area contributed by atoms with Gasteiger partial charge in [-0.05, 0) is 86.3 Å². The maximum atomic E-state index is 11.0. The Balaban J connectivity index is 1.14. The Bertz CT molecular complexity index is 1330. The van der Waals surface area contributed by atoms with Gasteiger partial charge in [0, 0.05) is 42.9 Å². The van der Waals surface area contributed by atoms with E-state index < -0.39 is 5.97 Å². The Morgan fingerprint density at radius 3 is 2.62 bits per heavy atom. The van der Waals surface area contributed by atoms with Gasteiger partial charge >= 0.3 is 5.97 Å². The van der Waals surface area contributed by atoms with Gasteiger partial charge < -0.3 is 15.0 Å². The SMILES string of the molecule is O=C(O)CC1CCC2(CC1)CCN(c1ccc(-c3nc4c(ccc5ncccc54)[nH]3)cn1)CC2. The summed E-state index contributed by atoms with van der Waals surface area (Å²) in [6.45, 7) is 2.03. The van der Waals surface area contributed by atoms with E-state index >= 15 is 0 Å². The fourth-order valence-corrected chi connectivity index (χ4v) is 5.93. The van der Waals surface area contributed by atoms with Gasteiger partial charge in [0.25, 0.3) is 0 Å². The zero-order valence-corrected chi connectivity index (χ0v) is 19.2. The second-order valence-electron chi connectivity index (χ2n) is 10.1. The fourth-order valence-electron chi connectivity index (χ4n) is 5.93. The number of aliphatic carboxylic acids is 1. The average molecular weight is 456 g/mol. The molecule has 1 aromatic carbocycles. The summed E-state index contributed by atoms with van der Waals surface area (Å²) in [5.74, 6) is 1.55. The third kappa shape index (κ3) is 3.89. The number of carboxylic acid groups (broad SMARTS) is 1. The van der Waals surface area contributed by atoms with Crippen molar-refractivity contribution in [2.75, 3.05) is 18.0 Å². The Morgan fingerprint density at radius 2 is 1.88 bits per heavy atom. The van der Waals surface area contributed by atoms with Crippen molar-refractivity contribution in [2.45, 2.75) is 44.9 Å². The minimum Gasteiger partial charge on any atom is -0.481 e. The number of hydrogen-bond acceptors (Lipinski definition) is 5. The number of pyridine rings is 2. The number of fused-ring (bicyclic) bond motifs is 3. The molecule has 4 aromatic rings. The zero-order valence-electron chi connectivity index (χ0n) is 19.2. The summed E-state index contributed by atoms with van der Waals surface area (Å²) in [4.78, 5) is 30.9. The van der Waals surface area contributed by atoms with Crippen molar-refractivity contribution in [3.05, 3.63) is 48.8 Å². The first-order chi connectivity index (χ1) is 16.6. The van der Waals surface area contributed by atoms with E-state index in [2.05, 4.69) is 33.1 Å². The van der Waals surface area contributed by atoms with Gasteiger partial charge in [-0.1, -0.05) is 0 Å². The lowest BCUT2D eigenvalue weighted by Gasteiger charge is -2.46. The summed E-state index contributed by atoms with van der Waals surface area (Å²) in [5, 5.41) is 10.1. The molecule has 2 aliphatic rings. The van der Waals surface area contributed by atoms with Crippen LogP contribution in [0.4, 0.5) is 5.82 Å². The summed E-state index contributed by atoms with van der Waals surface area (Å²) in [6.07, 6.45) is 10.8. The second-order valence-corrected chi connectivity index (χ2v) is 10.1. The van der Waals surface area contributed by atoms with E-state index in [9.17, 15) is 4.79 Å². The van der Waals surface area contributed by atoms with Crippen molar-refractivity contribution in [1.82, 2.24) is 19.9 Å². The van der Waals surface area contributed by atoms with Crippen LogP contribution in [-0.2, 0) is 4.79 Å². The first kappa shape index (κ1) is 21.1. The Morgan fingerprint density at radius 1 is 1.06 bits per heavy atom. The van der Waals surface area contributed by atoms with E-state index in [0.717, 1.165) is 65.1 Å². The van der Waals surface area contributed by atoms with Gasteiger partial charge in [0.15, 0.2) is 0 Å². The predicted octanol–water partition coefficient (Wildman–Crippen LogP) is 5.42. The molecule has 0 bridgehead atoms. The van der Waals surface area contributed by atoms with Crippen LogP contribution < -0.4 is 4.90 Å². The maximum Gasteiger partial charge on any atom is 0.303 e. The molecule has 6 rings (SSSR count). The lowest BCUT2D eigenvalue weighted by Crippen LogP contribution is -2.42. The van der Waals surface area contributed by atoms with E-state index in [1.807, 2.05) is 24.4 Å². The van der Waals surface area contributed by atoms with Gasteiger partial charge in [-0.3, -0.25) is 9.78 Å². The molecule has 1 aliphatic heterocycles. The van der Waals surface area contributed by atoms with Gasteiger partial charge in [-0.25, -0.2) is 9.97 Å². The van der Waals surface area contributed by atoms with Gasteiger partial charge in [-0.2, -0.15) is 0 Å². The van der Waals surface area contributed by atoms with Crippen LogP contribution in [0.5, 0.6) is 0 Å². The predicted molar refractivity (Wildman–Crippen MR) is 133 cm³/mol. The lowest BCUT2D eigenvalue weighted by molar-refractivity contribution is -0.138. The minimum atomic E-state index is -0.654. The summed E-state index contributed by atoms with van der Waals surface area (Å²) in [5.41, 5.74) is 4.25. The molecule has 0 atom stereocenters. The molecule has 1 aliphatic carbocycles. The molecule has 2 N–H and O–H groups in total. The number of aromatic nitrogens is 4. The number of hydrogen-bond donors (Lipinski definition) is 2. The molecule has 4 heterocycles. The van der Waals surface area contributed by atoms with Gasteiger partial charge in [0.1, 0.15) is 11.6 Å². The highest BCUT2D eigenvalue weighted by Crippen LogP contribution is 2.47. The first-order valence-corrected chi connectivity index (χ1v) is 12.3. The molecule has 0 unspecified atom stereocenters. The van der Waals surface area contributed by atoms with Gasteiger partial charge in [-0.15, -0.1) is 0 Å². The summed E-state index contributed by atoms with van der Waals surface area (Å²) in [7, 11) is 0. The molecule has 1 saturated carbocycles. The normalized spacial score (nSPS) is 18.6. The number of carboxylic acids is 1. The van der Waals surface area contributed by atoms with E-state index in [1.54, 1.807) is 6.20 Å². The number of nitrogens with zero attached hydrogens (tertiary/aromatic N) is 4. The van der Waals surface area contributed by atoms with Crippen molar-refractivity contribution in [2.24, 2.45) is 11.3 Å². The van der Waals surface area contributed by atoms with Crippen molar-refractivity contribution in [3.8, 4) is 11.4 Å². The molecule has 7 heteroatoms. The number of anilines is 1. The third-order valence-electron chi connectivity index (χ3n) is 8.03. The number of benzene rings is 1. The highest BCUT2D eigenvalue weighted by atomic mass is 16.4. The van der Waals surface area contributed by atoms with Crippen LogP contribution in [-0.4, -0.2) is 44.1 Å². The number of piperidine rings is 1. The Kier molecular flexibility index (Phi) is 5.20. The van der Waals surface area contributed by atoms with Crippen LogP contribution in [0.25, 0.3) is 33.3 Å². The van der Waals surface area contributed by atoms with Crippen LogP contribution in [0.15, 0.2) is 48.8 Å². The molecule has 1 spiro atoms. The van der Waals surface area contributed by atoms with Gasteiger partial charge in [0.05, 0.1) is 16.6 Å². The molecule has 7 nitrogen and oxygen atoms in total. The summed E-state index contributed by atoms with van der Waals surface area (Å²) in [6, 6.07) is 12.2. The Hall–Kier alpha value is -3.48. The number of aromatic amines is 1. The number of rotatable bonds is 4. The summed E-state index contributed by atoms with van der Waals surface area (Å²) < 4.78 is 0. The van der Waals surface area contributed by atoms with Gasteiger partial charge in [0.2, 0.25) is 0 Å². The zero-order chi connectivity index (χ0) is 23.1. The number of imidazole rings is 1. The average Bonchev–Trinajstić information content (AvgIpc) is 3.31. The highest BCUT2D eigenvalue weighted by Gasteiger charge is 2.38. The minimum absolute atomic E-state index is 0.330. The highest BCUT2D eigenvalue weighted by molar-refractivity contribution is 6.03. The van der Waals surface area contributed by atoms with E-state index in [0.29, 0.717) is 17.8 Å². The number of H-pyrrole nitrogens is 1. The first-order valence-electron chi connectivity index (χ1n) is 12.3. The second kappa shape index (κ2) is 8.38. The van der Waals surface area contributed by atoms with Crippen molar-refractivity contribution >= 4 is 33.7 Å². The van der Waals surface area contributed by atoms with Crippen molar-refractivity contribution in [1.29, 1.82) is 0 Å². The molecule has 1 saturated heterocycles. The third-order valence-corrected chi connectivity index (χ3v) is 8.03. The van der Waals surface area contributed by atoms with Crippen LogP contribution in [0.3, 0.4) is 0 Å². The van der Waals surface area contributed by atoms with Crippen LogP contribution >= 0.6 is 0 Å².